The molecule has 1 saturated heterocycles. The Bertz CT molecular complexity index is 701. The molecular weight excluding hydrogens is 314 g/mol. The summed E-state index contributed by atoms with van der Waals surface area (Å²) in [5.41, 5.74) is 5.98. The molecule has 128 valence electrons. The molecule has 0 bridgehead atoms. The number of aliphatic hydroxyl groups excluding tert-OH is 2. The first kappa shape index (κ1) is 15.5. The van der Waals surface area contributed by atoms with E-state index < -0.39 is 24.1 Å². The van der Waals surface area contributed by atoms with Crippen LogP contribution in [-0.4, -0.2) is 70.4 Å². The lowest BCUT2D eigenvalue weighted by atomic mass is 9.98. The molecule has 24 heavy (non-hydrogen) atoms. The summed E-state index contributed by atoms with van der Waals surface area (Å²) in [7, 11) is 0. The van der Waals surface area contributed by atoms with Crippen molar-refractivity contribution in [2.75, 3.05) is 13.3 Å². The molecule has 3 aliphatic heterocycles. The third-order valence-corrected chi connectivity index (χ3v) is 4.50. The highest BCUT2D eigenvalue weighted by molar-refractivity contribution is 6.47. The van der Waals surface area contributed by atoms with Crippen LogP contribution in [0.2, 0.25) is 0 Å². The SMILES string of the molecule is NC1(Cc2ccco2)N=CN=C2C1=NCN2[C@H]1C[C@H](O)[C@@H](CO)O1. The Labute approximate surface area is 138 Å². The summed E-state index contributed by atoms with van der Waals surface area (Å²) in [4.78, 5) is 14.9. The smallest absolute Gasteiger partial charge is 0.163 e. The number of rotatable bonds is 4. The highest BCUT2D eigenvalue weighted by atomic mass is 16.5. The molecule has 4 N–H and O–H groups in total. The number of nitrogens with two attached hydrogens (primary N) is 1. The lowest BCUT2D eigenvalue weighted by molar-refractivity contribution is -0.0560. The van der Waals surface area contributed by atoms with E-state index in [1.807, 2.05) is 11.0 Å². The van der Waals surface area contributed by atoms with Gasteiger partial charge in [-0.15, -0.1) is 0 Å². The third-order valence-electron chi connectivity index (χ3n) is 4.50. The number of furan rings is 1. The van der Waals surface area contributed by atoms with Gasteiger partial charge in [-0.25, -0.2) is 9.98 Å². The van der Waals surface area contributed by atoms with Crippen LogP contribution in [0.3, 0.4) is 0 Å². The Balaban J connectivity index is 1.54. The normalized spacial score (nSPS) is 35.1. The zero-order valence-corrected chi connectivity index (χ0v) is 12.9. The molecular formula is C15H19N5O4. The topological polar surface area (TPSA) is 129 Å². The van der Waals surface area contributed by atoms with Crippen molar-refractivity contribution < 1.29 is 19.4 Å². The zero-order chi connectivity index (χ0) is 16.7. The largest absolute Gasteiger partial charge is 0.469 e. The van der Waals surface area contributed by atoms with E-state index in [1.165, 1.54) is 6.34 Å². The van der Waals surface area contributed by atoms with Crippen LogP contribution in [0.4, 0.5) is 0 Å². The summed E-state index contributed by atoms with van der Waals surface area (Å²) < 4.78 is 11.1. The highest BCUT2D eigenvalue weighted by Crippen LogP contribution is 2.29. The Kier molecular flexibility index (Phi) is 3.72. The molecule has 0 aromatic carbocycles. The summed E-state index contributed by atoms with van der Waals surface area (Å²) >= 11 is 0. The van der Waals surface area contributed by atoms with Gasteiger partial charge in [0.1, 0.15) is 36.8 Å². The molecule has 1 fully saturated rings. The first-order valence-electron chi connectivity index (χ1n) is 7.80. The van der Waals surface area contributed by atoms with Gasteiger partial charge in [0.25, 0.3) is 0 Å². The summed E-state index contributed by atoms with van der Waals surface area (Å²) in [5.74, 6) is 1.31. The van der Waals surface area contributed by atoms with E-state index in [1.54, 1.807) is 12.3 Å². The first-order chi connectivity index (χ1) is 11.6. The van der Waals surface area contributed by atoms with E-state index in [4.69, 9.17) is 14.9 Å². The minimum absolute atomic E-state index is 0.230. The van der Waals surface area contributed by atoms with E-state index in [0.717, 1.165) is 0 Å². The first-order valence-corrected chi connectivity index (χ1v) is 7.80. The molecule has 3 aliphatic rings. The molecule has 9 nitrogen and oxygen atoms in total. The number of ether oxygens (including phenoxy) is 1. The van der Waals surface area contributed by atoms with E-state index in [-0.39, 0.29) is 6.61 Å². The average Bonchev–Trinajstić information content (AvgIpc) is 3.27. The number of fused-ring (bicyclic) bond motifs is 1. The van der Waals surface area contributed by atoms with Gasteiger partial charge in [0.05, 0.1) is 25.4 Å². The number of amidine groups is 1. The minimum atomic E-state index is -1.04. The van der Waals surface area contributed by atoms with Crippen LogP contribution in [0, 0.1) is 0 Å². The molecule has 9 heteroatoms. The van der Waals surface area contributed by atoms with Crippen LogP contribution >= 0.6 is 0 Å². The van der Waals surface area contributed by atoms with Crippen molar-refractivity contribution in [2.24, 2.45) is 20.7 Å². The van der Waals surface area contributed by atoms with Crippen LogP contribution in [0.15, 0.2) is 37.8 Å². The van der Waals surface area contributed by atoms with Crippen LogP contribution < -0.4 is 5.73 Å². The number of hydrogen-bond acceptors (Lipinski definition) is 9. The predicted molar refractivity (Wildman–Crippen MR) is 85.8 cm³/mol. The van der Waals surface area contributed by atoms with E-state index in [0.29, 0.717) is 36.8 Å². The Morgan fingerprint density at radius 3 is 3.04 bits per heavy atom. The zero-order valence-electron chi connectivity index (χ0n) is 12.9. The molecule has 0 aliphatic carbocycles. The standard InChI is InChI=1S/C15H19N5O4/c16-15(5-9-2-1-3-23-9)13-14(17-7-19-15)20(8-18-13)12-4-10(22)11(6-21)24-12/h1-3,7,10-12,21-22H,4-6,8,16H2/t10-,11+,12+,15?/m0/s1. The number of nitrogens with zero attached hydrogens (tertiary/aromatic N) is 4. The summed E-state index contributed by atoms with van der Waals surface area (Å²) in [6.45, 7) is 0.0939. The number of hydrogen-bond donors (Lipinski definition) is 3. The quantitative estimate of drug-likeness (QED) is 0.655. The van der Waals surface area contributed by atoms with Gasteiger partial charge < -0.3 is 30.0 Å². The maximum absolute atomic E-state index is 9.94. The third kappa shape index (κ3) is 2.46. The van der Waals surface area contributed by atoms with Gasteiger partial charge in [-0.05, 0) is 12.1 Å². The Hall–Kier alpha value is -2.07. The molecule has 0 radical (unpaired) electrons. The second-order valence-electron chi connectivity index (χ2n) is 6.11. The molecule has 1 aromatic heterocycles. The molecule has 0 saturated carbocycles. The summed E-state index contributed by atoms with van der Waals surface area (Å²) in [6.07, 6.45) is 2.04. The van der Waals surface area contributed by atoms with Crippen LogP contribution in [0.5, 0.6) is 0 Å². The molecule has 4 atom stereocenters. The van der Waals surface area contributed by atoms with Gasteiger partial charge in [0.15, 0.2) is 11.5 Å². The van der Waals surface area contributed by atoms with Crippen molar-refractivity contribution in [1.82, 2.24) is 4.90 Å². The fourth-order valence-electron chi connectivity index (χ4n) is 3.24. The second kappa shape index (κ2) is 5.78. The fraction of sp³-hybridized carbons (Fsp3) is 0.533. The van der Waals surface area contributed by atoms with Gasteiger partial charge >= 0.3 is 0 Å². The van der Waals surface area contributed by atoms with Crippen molar-refractivity contribution in [2.45, 2.75) is 36.9 Å². The van der Waals surface area contributed by atoms with Crippen molar-refractivity contribution in [3.8, 4) is 0 Å². The Morgan fingerprint density at radius 1 is 1.46 bits per heavy atom. The van der Waals surface area contributed by atoms with Gasteiger partial charge in [0, 0.05) is 6.42 Å². The van der Waals surface area contributed by atoms with Crippen molar-refractivity contribution in [1.29, 1.82) is 0 Å². The highest BCUT2D eigenvalue weighted by Gasteiger charge is 2.46. The number of aliphatic imine (C=N–C) groups is 3. The molecule has 0 amide bonds. The lowest BCUT2D eigenvalue weighted by Crippen LogP contribution is -2.55. The van der Waals surface area contributed by atoms with Gasteiger partial charge in [-0.3, -0.25) is 4.99 Å². The van der Waals surface area contributed by atoms with Gasteiger partial charge in [-0.1, -0.05) is 0 Å². The maximum atomic E-state index is 9.94. The van der Waals surface area contributed by atoms with Crippen LogP contribution in [-0.2, 0) is 11.2 Å². The fourth-order valence-corrected chi connectivity index (χ4v) is 3.24. The van der Waals surface area contributed by atoms with E-state index in [9.17, 15) is 10.2 Å². The molecule has 4 heterocycles. The Morgan fingerprint density at radius 2 is 2.33 bits per heavy atom. The van der Waals surface area contributed by atoms with Gasteiger partial charge in [-0.2, -0.15) is 0 Å². The van der Waals surface area contributed by atoms with Crippen molar-refractivity contribution >= 4 is 17.9 Å². The monoisotopic (exact) mass is 333 g/mol. The lowest BCUT2D eigenvalue weighted by Gasteiger charge is -2.31. The van der Waals surface area contributed by atoms with E-state index >= 15 is 0 Å². The second-order valence-corrected chi connectivity index (χ2v) is 6.11. The molecule has 1 unspecified atom stereocenters. The van der Waals surface area contributed by atoms with E-state index in [2.05, 4.69) is 15.0 Å². The summed E-state index contributed by atoms with van der Waals surface area (Å²) in [6, 6.07) is 3.64. The number of aliphatic hydroxyl groups is 2. The predicted octanol–water partition coefficient (Wildman–Crippen LogP) is -0.900. The van der Waals surface area contributed by atoms with Crippen LogP contribution in [0.25, 0.3) is 0 Å². The molecule has 0 spiro atoms. The maximum Gasteiger partial charge on any atom is 0.163 e. The van der Waals surface area contributed by atoms with Gasteiger partial charge in [0.2, 0.25) is 0 Å². The van der Waals surface area contributed by atoms with Crippen LogP contribution in [0.1, 0.15) is 12.2 Å². The summed E-state index contributed by atoms with van der Waals surface area (Å²) in [5, 5.41) is 19.2. The molecule has 4 rings (SSSR count). The van der Waals surface area contributed by atoms with Crippen molar-refractivity contribution in [3.63, 3.8) is 0 Å². The minimum Gasteiger partial charge on any atom is -0.469 e. The average molecular weight is 333 g/mol. The molecule has 1 aromatic rings. The van der Waals surface area contributed by atoms with Crippen molar-refractivity contribution in [3.05, 3.63) is 24.2 Å².